The van der Waals surface area contributed by atoms with Gasteiger partial charge in [-0.1, -0.05) is 34.1 Å². The highest BCUT2D eigenvalue weighted by Crippen LogP contribution is 2.27. The number of anilines is 1. The van der Waals surface area contributed by atoms with Gasteiger partial charge >= 0.3 is 5.97 Å². The van der Waals surface area contributed by atoms with Crippen molar-refractivity contribution in [3.8, 4) is 5.75 Å². The molecule has 0 amide bonds. The Kier molecular flexibility index (Phi) is 4.06. The average Bonchev–Trinajstić information content (AvgIpc) is 2.37. The van der Waals surface area contributed by atoms with E-state index in [0.717, 1.165) is 10.0 Å². The van der Waals surface area contributed by atoms with Gasteiger partial charge in [0.1, 0.15) is 12.2 Å². The molecule has 0 aliphatic carbocycles. The molecule has 4 nitrogen and oxygen atoms in total. The molecule has 0 spiro atoms. The number of benzene rings is 2. The lowest BCUT2D eigenvalue weighted by Gasteiger charge is -2.11. The first kappa shape index (κ1) is 13.4. The van der Waals surface area contributed by atoms with Crippen LogP contribution in [0.5, 0.6) is 5.75 Å². The zero-order valence-corrected chi connectivity index (χ0v) is 11.6. The van der Waals surface area contributed by atoms with Gasteiger partial charge in [0.2, 0.25) is 0 Å². The van der Waals surface area contributed by atoms with E-state index < -0.39 is 5.97 Å². The summed E-state index contributed by atoms with van der Waals surface area (Å²) in [6, 6.07) is 12.3. The van der Waals surface area contributed by atoms with Crippen LogP contribution in [0.3, 0.4) is 0 Å². The monoisotopic (exact) mass is 321 g/mol. The molecule has 0 aliphatic rings. The number of carboxylic acids is 1. The number of aromatic carboxylic acids is 1. The summed E-state index contributed by atoms with van der Waals surface area (Å²) in [6.45, 7) is 0.258. The highest BCUT2D eigenvalue weighted by Gasteiger charge is 2.13. The minimum Gasteiger partial charge on any atom is -0.486 e. The van der Waals surface area contributed by atoms with Crippen LogP contribution >= 0.6 is 15.9 Å². The predicted octanol–water partition coefficient (Wildman–Crippen LogP) is 3.31. The van der Waals surface area contributed by atoms with Gasteiger partial charge in [-0.3, -0.25) is 0 Å². The first-order valence-corrected chi connectivity index (χ1v) is 6.36. The Morgan fingerprint density at radius 1 is 1.26 bits per heavy atom. The topological polar surface area (TPSA) is 72.6 Å². The van der Waals surface area contributed by atoms with E-state index in [9.17, 15) is 4.79 Å². The Labute approximate surface area is 118 Å². The second-order valence-corrected chi connectivity index (χ2v) is 4.86. The number of ether oxygens (including phenoxy) is 1. The molecule has 0 radical (unpaired) electrons. The van der Waals surface area contributed by atoms with Crippen molar-refractivity contribution >= 4 is 27.6 Å². The Morgan fingerprint density at radius 3 is 2.68 bits per heavy atom. The van der Waals surface area contributed by atoms with Crippen molar-refractivity contribution in [1.82, 2.24) is 0 Å². The summed E-state index contributed by atoms with van der Waals surface area (Å²) in [5.41, 5.74) is 7.06. The fourth-order valence-corrected chi connectivity index (χ4v) is 2.11. The molecule has 0 saturated heterocycles. The van der Waals surface area contributed by atoms with Crippen molar-refractivity contribution < 1.29 is 14.6 Å². The minimum absolute atomic E-state index is 0.0648. The summed E-state index contributed by atoms with van der Waals surface area (Å²) >= 11 is 3.37. The lowest BCUT2D eigenvalue weighted by Crippen LogP contribution is -2.06. The van der Waals surface area contributed by atoms with Gasteiger partial charge in [0.25, 0.3) is 0 Å². The van der Waals surface area contributed by atoms with Crippen molar-refractivity contribution in [2.75, 3.05) is 5.73 Å². The maximum Gasteiger partial charge on any atom is 0.339 e. The van der Waals surface area contributed by atoms with Crippen molar-refractivity contribution in [1.29, 1.82) is 0 Å². The molecule has 5 heteroatoms. The van der Waals surface area contributed by atoms with Crippen LogP contribution < -0.4 is 10.5 Å². The number of hydrogen-bond donors (Lipinski definition) is 2. The Balaban J connectivity index is 2.22. The zero-order valence-electron chi connectivity index (χ0n) is 9.97. The van der Waals surface area contributed by atoms with Crippen LogP contribution in [0.25, 0.3) is 0 Å². The van der Waals surface area contributed by atoms with E-state index in [-0.39, 0.29) is 17.9 Å². The zero-order chi connectivity index (χ0) is 13.8. The number of nitrogen functional groups attached to an aromatic ring is 1. The molecule has 0 unspecified atom stereocenters. The molecule has 0 saturated carbocycles. The summed E-state index contributed by atoms with van der Waals surface area (Å²) in [5, 5.41) is 9.09. The van der Waals surface area contributed by atoms with Crippen LogP contribution in [0.4, 0.5) is 5.69 Å². The maximum absolute atomic E-state index is 11.1. The molecule has 19 heavy (non-hydrogen) atoms. The van der Waals surface area contributed by atoms with Crippen molar-refractivity contribution in [3.63, 3.8) is 0 Å². The number of carbonyl (C=O) groups is 1. The first-order chi connectivity index (χ1) is 9.08. The largest absolute Gasteiger partial charge is 0.486 e. The molecule has 0 fully saturated rings. The smallest absolute Gasteiger partial charge is 0.339 e. The van der Waals surface area contributed by atoms with Gasteiger partial charge in [-0.25, -0.2) is 4.79 Å². The van der Waals surface area contributed by atoms with E-state index in [1.807, 2.05) is 24.3 Å². The normalized spacial score (nSPS) is 10.2. The Morgan fingerprint density at radius 2 is 2.00 bits per heavy atom. The Bertz CT molecular complexity index is 613. The van der Waals surface area contributed by atoms with Crippen LogP contribution in [-0.4, -0.2) is 11.1 Å². The minimum atomic E-state index is -1.06. The van der Waals surface area contributed by atoms with Gasteiger partial charge in [-0.15, -0.1) is 0 Å². The third kappa shape index (κ3) is 3.26. The van der Waals surface area contributed by atoms with Gasteiger partial charge in [0, 0.05) is 4.47 Å². The molecule has 0 aromatic heterocycles. The highest BCUT2D eigenvalue weighted by molar-refractivity contribution is 9.10. The van der Waals surface area contributed by atoms with E-state index in [4.69, 9.17) is 15.6 Å². The lowest BCUT2D eigenvalue weighted by atomic mass is 10.1. The number of para-hydroxylation sites is 1. The molecule has 0 bridgehead atoms. The van der Waals surface area contributed by atoms with Crippen LogP contribution in [0.15, 0.2) is 46.9 Å². The summed E-state index contributed by atoms with van der Waals surface area (Å²) in [7, 11) is 0. The second-order valence-electron chi connectivity index (χ2n) is 3.95. The summed E-state index contributed by atoms with van der Waals surface area (Å²) in [4.78, 5) is 11.1. The number of halogens is 1. The number of hydrogen-bond acceptors (Lipinski definition) is 3. The van der Waals surface area contributed by atoms with E-state index in [1.165, 1.54) is 6.07 Å². The number of nitrogens with two attached hydrogens (primary N) is 1. The molecule has 3 N–H and O–H groups in total. The third-order valence-electron chi connectivity index (χ3n) is 2.55. The molecule has 0 heterocycles. The molecule has 2 aromatic carbocycles. The van der Waals surface area contributed by atoms with E-state index >= 15 is 0 Å². The van der Waals surface area contributed by atoms with Crippen molar-refractivity contribution in [3.05, 3.63) is 58.1 Å². The number of rotatable bonds is 4. The first-order valence-electron chi connectivity index (χ1n) is 5.57. The van der Waals surface area contributed by atoms with Crippen molar-refractivity contribution in [2.24, 2.45) is 0 Å². The molecule has 98 valence electrons. The molecule has 2 aromatic rings. The highest BCUT2D eigenvalue weighted by atomic mass is 79.9. The fraction of sp³-hybridized carbons (Fsp3) is 0.0714. The SMILES string of the molecule is Nc1cccc(C(=O)O)c1OCc1cccc(Br)c1. The van der Waals surface area contributed by atoms with Gasteiger partial charge in [0.15, 0.2) is 5.75 Å². The van der Waals surface area contributed by atoms with Crippen LogP contribution in [0.2, 0.25) is 0 Å². The second kappa shape index (κ2) is 5.75. The van der Waals surface area contributed by atoms with Gasteiger partial charge in [0.05, 0.1) is 5.69 Å². The van der Waals surface area contributed by atoms with Gasteiger partial charge in [-0.05, 0) is 29.8 Å². The van der Waals surface area contributed by atoms with Gasteiger partial charge in [-0.2, -0.15) is 0 Å². The van der Waals surface area contributed by atoms with Crippen LogP contribution in [0.1, 0.15) is 15.9 Å². The Hall–Kier alpha value is -2.01. The summed E-state index contributed by atoms with van der Waals surface area (Å²) in [5.74, 6) is -0.855. The number of carboxylic acid groups (broad SMARTS) is 1. The van der Waals surface area contributed by atoms with E-state index in [0.29, 0.717) is 5.69 Å². The predicted molar refractivity (Wildman–Crippen MR) is 76.3 cm³/mol. The molecule has 0 aliphatic heterocycles. The van der Waals surface area contributed by atoms with Crippen molar-refractivity contribution in [2.45, 2.75) is 6.61 Å². The maximum atomic E-state index is 11.1. The fourth-order valence-electron chi connectivity index (χ4n) is 1.67. The van der Waals surface area contributed by atoms with Gasteiger partial charge < -0.3 is 15.6 Å². The summed E-state index contributed by atoms with van der Waals surface area (Å²) < 4.78 is 6.48. The third-order valence-corrected chi connectivity index (χ3v) is 3.04. The summed E-state index contributed by atoms with van der Waals surface area (Å²) in [6.07, 6.45) is 0. The standard InChI is InChI=1S/C14H12BrNO3/c15-10-4-1-3-9(7-10)8-19-13-11(14(17)18)5-2-6-12(13)16/h1-7H,8,16H2,(H,17,18). The molecular formula is C14H12BrNO3. The molecular weight excluding hydrogens is 310 g/mol. The van der Waals surface area contributed by atoms with Crippen LogP contribution in [-0.2, 0) is 6.61 Å². The van der Waals surface area contributed by atoms with E-state index in [1.54, 1.807) is 12.1 Å². The lowest BCUT2D eigenvalue weighted by molar-refractivity contribution is 0.0692. The van der Waals surface area contributed by atoms with Crippen LogP contribution in [0, 0.1) is 0 Å². The molecule has 2 rings (SSSR count). The quantitative estimate of drug-likeness (QED) is 0.847. The molecule has 0 atom stereocenters. The van der Waals surface area contributed by atoms with E-state index in [2.05, 4.69) is 15.9 Å². The average molecular weight is 322 g/mol.